The van der Waals surface area contributed by atoms with Gasteiger partial charge in [0, 0.05) is 12.1 Å². The van der Waals surface area contributed by atoms with Gasteiger partial charge in [0.1, 0.15) is 5.60 Å². The summed E-state index contributed by atoms with van der Waals surface area (Å²) < 4.78 is 5.16. The Morgan fingerprint density at radius 1 is 1.50 bits per heavy atom. The van der Waals surface area contributed by atoms with E-state index in [2.05, 4.69) is 0 Å². The maximum Gasteiger partial charge on any atom is 0.335 e. The molecule has 3 nitrogen and oxygen atoms in total. The summed E-state index contributed by atoms with van der Waals surface area (Å²) in [6.45, 7) is 5.46. The molecule has 14 heavy (non-hydrogen) atoms. The lowest BCUT2D eigenvalue weighted by Gasteiger charge is -2.20. The van der Waals surface area contributed by atoms with Crippen molar-refractivity contribution < 1.29 is 9.53 Å². The molecule has 0 rings (SSSR count). The number of ether oxygens (including phenoxy) is 1. The first-order valence-corrected chi connectivity index (χ1v) is 5.14. The number of alkyl halides is 1. The molecule has 2 N–H and O–H groups in total. The lowest BCUT2D eigenvalue weighted by atomic mass is 10.1. The summed E-state index contributed by atoms with van der Waals surface area (Å²) in [5.74, 6) is 0.158. The molecule has 4 heteroatoms. The van der Waals surface area contributed by atoms with E-state index in [1.165, 1.54) is 6.20 Å². The maximum absolute atomic E-state index is 11.5. The van der Waals surface area contributed by atoms with Gasteiger partial charge in [0.2, 0.25) is 0 Å². The van der Waals surface area contributed by atoms with Gasteiger partial charge in [0.25, 0.3) is 0 Å². The van der Waals surface area contributed by atoms with Crippen molar-refractivity contribution >= 4 is 17.6 Å². The van der Waals surface area contributed by atoms with Crippen molar-refractivity contribution in [1.82, 2.24) is 0 Å². The zero-order chi connectivity index (χ0) is 11.2. The molecule has 0 saturated heterocycles. The molecular formula is C10H18ClNO2. The third-order valence-corrected chi connectivity index (χ3v) is 1.71. The van der Waals surface area contributed by atoms with Crippen LogP contribution in [0.25, 0.3) is 0 Å². The fraction of sp³-hybridized carbons (Fsp3) is 0.700. The van der Waals surface area contributed by atoms with Crippen LogP contribution in [-0.2, 0) is 9.53 Å². The molecular weight excluding hydrogens is 202 g/mol. The van der Waals surface area contributed by atoms with Gasteiger partial charge in [-0.2, -0.15) is 0 Å². The highest BCUT2D eigenvalue weighted by atomic mass is 35.5. The summed E-state index contributed by atoms with van der Waals surface area (Å²) >= 11 is 5.52. The van der Waals surface area contributed by atoms with Crippen LogP contribution in [0.4, 0.5) is 0 Å². The molecule has 0 fully saturated rings. The van der Waals surface area contributed by atoms with Crippen molar-refractivity contribution in [3.8, 4) is 0 Å². The Labute approximate surface area is 90.3 Å². The van der Waals surface area contributed by atoms with Crippen LogP contribution in [0, 0.1) is 0 Å². The van der Waals surface area contributed by atoms with Crippen LogP contribution < -0.4 is 5.73 Å². The van der Waals surface area contributed by atoms with E-state index in [-0.39, 0.29) is 5.97 Å². The number of esters is 1. The van der Waals surface area contributed by atoms with Crippen LogP contribution in [-0.4, -0.2) is 17.5 Å². The van der Waals surface area contributed by atoms with Gasteiger partial charge < -0.3 is 10.5 Å². The molecule has 0 aliphatic carbocycles. The van der Waals surface area contributed by atoms with Gasteiger partial charge in [-0.05, 0) is 33.6 Å². The number of carbonyl (C=O) groups excluding carboxylic acids is 1. The predicted octanol–water partition coefficient (Wildman–Crippen LogP) is 2.19. The minimum atomic E-state index is -0.480. The number of nitrogens with two attached hydrogens (primary N) is 1. The largest absolute Gasteiger partial charge is 0.457 e. The van der Waals surface area contributed by atoms with E-state index >= 15 is 0 Å². The predicted molar refractivity (Wildman–Crippen MR) is 58.1 cm³/mol. The molecule has 0 aromatic rings. The van der Waals surface area contributed by atoms with Crippen molar-refractivity contribution in [3.05, 3.63) is 11.8 Å². The minimum absolute atomic E-state index is 0.356. The highest BCUT2D eigenvalue weighted by molar-refractivity contribution is 6.17. The van der Waals surface area contributed by atoms with E-state index in [0.29, 0.717) is 17.9 Å². The van der Waals surface area contributed by atoms with E-state index in [0.717, 1.165) is 6.42 Å². The van der Waals surface area contributed by atoms with E-state index in [4.69, 9.17) is 22.1 Å². The van der Waals surface area contributed by atoms with Crippen molar-refractivity contribution in [3.63, 3.8) is 0 Å². The van der Waals surface area contributed by atoms with Crippen LogP contribution in [0.5, 0.6) is 0 Å². The first-order valence-electron chi connectivity index (χ1n) is 4.61. The van der Waals surface area contributed by atoms with Gasteiger partial charge in [-0.15, -0.1) is 11.6 Å². The summed E-state index contributed by atoms with van der Waals surface area (Å²) in [7, 11) is 0. The number of carbonyl (C=O) groups is 1. The number of hydrogen-bond acceptors (Lipinski definition) is 3. The summed E-state index contributed by atoms with van der Waals surface area (Å²) in [6.07, 6.45) is 2.58. The number of hydrogen-bond donors (Lipinski definition) is 1. The monoisotopic (exact) mass is 219 g/mol. The topological polar surface area (TPSA) is 52.3 Å². The number of rotatable bonds is 4. The van der Waals surface area contributed by atoms with Gasteiger partial charge in [-0.1, -0.05) is 0 Å². The van der Waals surface area contributed by atoms with Crippen LogP contribution in [0.2, 0.25) is 0 Å². The van der Waals surface area contributed by atoms with E-state index in [9.17, 15) is 4.79 Å². The fourth-order valence-electron chi connectivity index (χ4n) is 0.854. The average molecular weight is 220 g/mol. The van der Waals surface area contributed by atoms with Crippen molar-refractivity contribution in [2.24, 2.45) is 5.73 Å². The van der Waals surface area contributed by atoms with Gasteiger partial charge in [-0.3, -0.25) is 0 Å². The van der Waals surface area contributed by atoms with Gasteiger partial charge in [0.15, 0.2) is 0 Å². The van der Waals surface area contributed by atoms with Gasteiger partial charge >= 0.3 is 5.97 Å². The van der Waals surface area contributed by atoms with Crippen LogP contribution in [0.3, 0.4) is 0 Å². The van der Waals surface area contributed by atoms with E-state index < -0.39 is 5.60 Å². The average Bonchev–Trinajstić information content (AvgIpc) is 2.02. The Hall–Kier alpha value is -0.700. The van der Waals surface area contributed by atoms with E-state index in [1.54, 1.807) is 0 Å². The molecule has 0 radical (unpaired) electrons. The molecule has 0 amide bonds. The van der Waals surface area contributed by atoms with Crippen molar-refractivity contribution in [2.45, 2.75) is 39.2 Å². The summed E-state index contributed by atoms with van der Waals surface area (Å²) in [5.41, 5.74) is 5.33. The molecule has 0 spiro atoms. The lowest BCUT2D eigenvalue weighted by Crippen LogP contribution is -2.25. The summed E-state index contributed by atoms with van der Waals surface area (Å²) in [4.78, 5) is 11.5. The Balaban J connectivity index is 4.20. The minimum Gasteiger partial charge on any atom is -0.457 e. The molecule has 82 valence electrons. The standard InChI is InChI=1S/C10H18ClNO2/c1-10(2,3)14-9(13)8(7-12)5-4-6-11/h7H,4-6,12H2,1-3H3/b8-7+. The Morgan fingerprint density at radius 2 is 2.07 bits per heavy atom. The zero-order valence-corrected chi connectivity index (χ0v) is 9.73. The molecule has 0 aliphatic heterocycles. The van der Waals surface area contributed by atoms with Crippen LogP contribution >= 0.6 is 11.6 Å². The highest BCUT2D eigenvalue weighted by Crippen LogP contribution is 2.13. The smallest absolute Gasteiger partial charge is 0.335 e. The second kappa shape index (κ2) is 5.91. The molecule has 0 unspecified atom stereocenters. The van der Waals surface area contributed by atoms with Crippen LogP contribution in [0.15, 0.2) is 11.8 Å². The zero-order valence-electron chi connectivity index (χ0n) is 8.97. The highest BCUT2D eigenvalue weighted by Gasteiger charge is 2.19. The third-order valence-electron chi connectivity index (χ3n) is 1.44. The Morgan fingerprint density at radius 3 is 2.43 bits per heavy atom. The van der Waals surface area contributed by atoms with Crippen LogP contribution in [0.1, 0.15) is 33.6 Å². The first kappa shape index (κ1) is 13.3. The Kier molecular flexibility index (Phi) is 5.62. The Bertz CT molecular complexity index is 219. The van der Waals surface area contributed by atoms with E-state index in [1.807, 2.05) is 20.8 Å². The molecule has 0 heterocycles. The molecule has 0 saturated carbocycles. The molecule has 0 aliphatic rings. The first-order chi connectivity index (χ1) is 6.40. The molecule has 0 aromatic carbocycles. The molecule has 0 atom stereocenters. The SMILES string of the molecule is CC(C)(C)OC(=O)/C(=C/N)CCCCl. The summed E-state index contributed by atoms with van der Waals surface area (Å²) in [5, 5.41) is 0. The summed E-state index contributed by atoms with van der Waals surface area (Å²) in [6, 6.07) is 0. The maximum atomic E-state index is 11.5. The second-order valence-electron chi connectivity index (χ2n) is 3.99. The lowest BCUT2D eigenvalue weighted by molar-refractivity contribution is -0.150. The number of halogens is 1. The fourth-order valence-corrected chi connectivity index (χ4v) is 0.988. The second-order valence-corrected chi connectivity index (χ2v) is 4.36. The molecule has 0 aromatic heterocycles. The molecule has 0 bridgehead atoms. The van der Waals surface area contributed by atoms with Crippen molar-refractivity contribution in [2.75, 3.05) is 5.88 Å². The van der Waals surface area contributed by atoms with Gasteiger partial charge in [0.05, 0.1) is 5.57 Å². The quantitative estimate of drug-likeness (QED) is 0.448. The van der Waals surface area contributed by atoms with Gasteiger partial charge in [-0.25, -0.2) is 4.79 Å². The van der Waals surface area contributed by atoms with Crippen molar-refractivity contribution in [1.29, 1.82) is 0 Å². The normalized spacial score (nSPS) is 12.7. The third kappa shape index (κ3) is 5.86.